The maximum atomic E-state index is 11.9. The maximum Gasteiger partial charge on any atom is 0.243 e. The van der Waals surface area contributed by atoms with Gasteiger partial charge < -0.3 is 9.88 Å². The number of nitrogens with one attached hydrogen (secondary N) is 1. The van der Waals surface area contributed by atoms with Gasteiger partial charge in [-0.1, -0.05) is 48.4 Å². The zero-order valence-electron chi connectivity index (χ0n) is 14.6. The number of rotatable bonds is 7. The molecule has 0 saturated heterocycles. The second kappa shape index (κ2) is 8.68. The summed E-state index contributed by atoms with van der Waals surface area (Å²) in [6.45, 7) is 1.10. The Morgan fingerprint density at radius 1 is 1.15 bits per heavy atom. The fourth-order valence-electron chi connectivity index (χ4n) is 2.84. The third-order valence-electron chi connectivity index (χ3n) is 4.09. The molecular formula is C22H21N3O. The van der Waals surface area contributed by atoms with E-state index < -0.39 is 0 Å². The summed E-state index contributed by atoms with van der Waals surface area (Å²) < 4.78 is 2.06. The number of carbonyl (C=O) groups is 1. The average Bonchev–Trinajstić information content (AvgIpc) is 3.02. The summed E-state index contributed by atoms with van der Waals surface area (Å²) in [6.07, 6.45) is 10.4. The summed E-state index contributed by atoms with van der Waals surface area (Å²) >= 11 is 0. The van der Waals surface area contributed by atoms with Crippen LogP contribution in [-0.2, 0) is 17.8 Å². The van der Waals surface area contributed by atoms with E-state index in [1.54, 1.807) is 6.08 Å². The minimum Gasteiger partial charge on any atom is -0.353 e. The fraction of sp³-hybridized carbons (Fsp3) is 0.182. The van der Waals surface area contributed by atoms with Crippen molar-refractivity contribution in [1.29, 1.82) is 0 Å². The van der Waals surface area contributed by atoms with Crippen molar-refractivity contribution in [2.75, 3.05) is 6.54 Å². The molecule has 0 aliphatic rings. The van der Waals surface area contributed by atoms with Crippen LogP contribution in [0.1, 0.15) is 17.8 Å². The van der Waals surface area contributed by atoms with Crippen LogP contribution >= 0.6 is 0 Å². The summed E-state index contributed by atoms with van der Waals surface area (Å²) in [6, 6.07) is 17.7. The van der Waals surface area contributed by atoms with Gasteiger partial charge in [0.25, 0.3) is 0 Å². The molecule has 2 aromatic carbocycles. The molecule has 0 bridgehead atoms. The summed E-state index contributed by atoms with van der Waals surface area (Å²) in [7, 11) is 0. The van der Waals surface area contributed by atoms with Gasteiger partial charge in [0.15, 0.2) is 0 Å². The molecule has 0 aliphatic heterocycles. The molecule has 130 valence electrons. The zero-order valence-corrected chi connectivity index (χ0v) is 14.6. The quantitative estimate of drug-likeness (QED) is 0.406. The summed E-state index contributed by atoms with van der Waals surface area (Å²) in [4.78, 5) is 16.6. The van der Waals surface area contributed by atoms with Crippen molar-refractivity contribution in [3.63, 3.8) is 0 Å². The number of imidazole rings is 1. The van der Waals surface area contributed by atoms with E-state index in [0.29, 0.717) is 13.1 Å². The number of benzene rings is 2. The van der Waals surface area contributed by atoms with Crippen molar-refractivity contribution >= 4 is 23.0 Å². The molecule has 4 heteroatoms. The molecule has 0 unspecified atom stereocenters. The Morgan fingerprint density at radius 3 is 2.73 bits per heavy atom. The van der Waals surface area contributed by atoms with Gasteiger partial charge in [0.05, 0.1) is 17.6 Å². The number of para-hydroxylation sites is 2. The number of aromatic nitrogens is 2. The third-order valence-corrected chi connectivity index (χ3v) is 4.09. The van der Waals surface area contributed by atoms with Gasteiger partial charge in [0.2, 0.25) is 5.91 Å². The number of hydrogen-bond acceptors (Lipinski definition) is 2. The maximum absolute atomic E-state index is 11.9. The Morgan fingerprint density at radius 2 is 1.92 bits per heavy atom. The molecule has 0 atom stereocenters. The van der Waals surface area contributed by atoms with Crippen LogP contribution < -0.4 is 5.32 Å². The molecule has 3 rings (SSSR count). The van der Waals surface area contributed by atoms with Gasteiger partial charge in [-0.25, -0.2) is 4.98 Å². The standard InChI is InChI=1S/C22H21N3O/c1-2-17-25-20-12-7-6-11-19(20)24-21(25)13-8-16-23-22(26)15-14-18-9-4-3-5-10-18/h1,3-7,9-12,14-15H,8,13,16-17H2,(H,23,26)/b15-14-. The van der Waals surface area contributed by atoms with Crippen LogP contribution in [0.2, 0.25) is 0 Å². The number of hydrogen-bond donors (Lipinski definition) is 1. The number of aryl methyl sites for hydroxylation is 1. The number of amides is 1. The van der Waals surface area contributed by atoms with Gasteiger partial charge in [-0.05, 0) is 30.2 Å². The lowest BCUT2D eigenvalue weighted by Gasteiger charge is -2.06. The molecule has 0 saturated carbocycles. The molecule has 3 aromatic rings. The van der Waals surface area contributed by atoms with Gasteiger partial charge in [-0.2, -0.15) is 0 Å². The van der Waals surface area contributed by atoms with Gasteiger partial charge in [-0.3, -0.25) is 4.79 Å². The summed E-state index contributed by atoms with van der Waals surface area (Å²) in [5.41, 5.74) is 3.01. The van der Waals surface area contributed by atoms with Crippen LogP contribution in [-0.4, -0.2) is 22.0 Å². The first-order chi connectivity index (χ1) is 12.8. The normalized spacial score (nSPS) is 10.9. The van der Waals surface area contributed by atoms with Crippen molar-refractivity contribution in [1.82, 2.24) is 14.9 Å². The lowest BCUT2D eigenvalue weighted by molar-refractivity contribution is -0.116. The largest absolute Gasteiger partial charge is 0.353 e. The molecule has 1 heterocycles. The first kappa shape index (κ1) is 17.5. The zero-order chi connectivity index (χ0) is 18.2. The minimum atomic E-state index is -0.0917. The van der Waals surface area contributed by atoms with Crippen LogP contribution in [0.25, 0.3) is 17.1 Å². The Bertz CT molecular complexity index is 948. The first-order valence-electron chi connectivity index (χ1n) is 8.66. The van der Waals surface area contributed by atoms with Gasteiger partial charge in [0.1, 0.15) is 5.82 Å². The predicted octanol–water partition coefficient (Wildman–Crippen LogP) is 3.43. The van der Waals surface area contributed by atoms with Crippen LogP contribution in [0.4, 0.5) is 0 Å². The highest BCUT2D eigenvalue weighted by atomic mass is 16.1. The van der Waals surface area contributed by atoms with Crippen molar-refractivity contribution < 1.29 is 4.79 Å². The van der Waals surface area contributed by atoms with E-state index in [-0.39, 0.29) is 5.91 Å². The van der Waals surface area contributed by atoms with E-state index in [1.165, 1.54) is 0 Å². The average molecular weight is 343 g/mol. The van der Waals surface area contributed by atoms with Crippen LogP contribution in [0, 0.1) is 12.3 Å². The number of fused-ring (bicyclic) bond motifs is 1. The molecule has 1 aromatic heterocycles. The molecule has 1 amide bonds. The van der Waals surface area contributed by atoms with E-state index in [9.17, 15) is 4.79 Å². The fourth-order valence-corrected chi connectivity index (χ4v) is 2.84. The van der Waals surface area contributed by atoms with E-state index in [4.69, 9.17) is 6.42 Å². The van der Waals surface area contributed by atoms with Crippen molar-refractivity contribution in [2.24, 2.45) is 0 Å². The van der Waals surface area contributed by atoms with Crippen LogP contribution in [0.5, 0.6) is 0 Å². The topological polar surface area (TPSA) is 46.9 Å². The number of terminal acetylenes is 1. The first-order valence-corrected chi connectivity index (χ1v) is 8.66. The van der Waals surface area contributed by atoms with Crippen LogP contribution in [0.3, 0.4) is 0 Å². The van der Waals surface area contributed by atoms with Crippen molar-refractivity contribution in [3.05, 3.63) is 72.1 Å². The van der Waals surface area contributed by atoms with Gasteiger partial charge in [-0.15, -0.1) is 6.42 Å². The molecule has 0 aliphatic carbocycles. The minimum absolute atomic E-state index is 0.0917. The molecule has 0 fully saturated rings. The Labute approximate surface area is 153 Å². The smallest absolute Gasteiger partial charge is 0.243 e. The molecule has 0 radical (unpaired) electrons. The van der Waals surface area contributed by atoms with E-state index in [1.807, 2.05) is 60.7 Å². The highest BCUT2D eigenvalue weighted by Gasteiger charge is 2.09. The SMILES string of the molecule is C#CCn1c(CCCNC(=O)/C=C\c2ccccc2)nc2ccccc21. The Balaban J connectivity index is 1.53. The molecule has 26 heavy (non-hydrogen) atoms. The Kier molecular flexibility index (Phi) is 5.84. The summed E-state index contributed by atoms with van der Waals surface area (Å²) in [5.74, 6) is 3.55. The molecule has 4 nitrogen and oxygen atoms in total. The second-order valence-electron chi connectivity index (χ2n) is 5.95. The Hall–Kier alpha value is -3.32. The second-order valence-corrected chi connectivity index (χ2v) is 5.95. The number of nitrogens with zero attached hydrogens (tertiary/aromatic N) is 2. The highest BCUT2D eigenvalue weighted by Crippen LogP contribution is 2.16. The molecule has 0 spiro atoms. The van der Waals surface area contributed by atoms with Crippen LogP contribution in [0.15, 0.2) is 60.7 Å². The van der Waals surface area contributed by atoms with E-state index >= 15 is 0 Å². The molecular weight excluding hydrogens is 322 g/mol. The monoisotopic (exact) mass is 343 g/mol. The molecule has 1 N–H and O–H groups in total. The highest BCUT2D eigenvalue weighted by molar-refractivity contribution is 5.91. The third kappa shape index (κ3) is 4.40. The predicted molar refractivity (Wildman–Crippen MR) is 105 cm³/mol. The summed E-state index contributed by atoms with van der Waals surface area (Å²) in [5, 5.41) is 2.91. The van der Waals surface area contributed by atoms with E-state index in [0.717, 1.165) is 35.3 Å². The lowest BCUT2D eigenvalue weighted by Crippen LogP contribution is -2.22. The lowest BCUT2D eigenvalue weighted by atomic mass is 10.2. The van der Waals surface area contributed by atoms with Gasteiger partial charge in [0, 0.05) is 19.0 Å². The van der Waals surface area contributed by atoms with E-state index in [2.05, 4.69) is 20.8 Å². The van der Waals surface area contributed by atoms with Crippen molar-refractivity contribution in [2.45, 2.75) is 19.4 Å². The number of carbonyl (C=O) groups excluding carboxylic acids is 1. The van der Waals surface area contributed by atoms with Gasteiger partial charge >= 0.3 is 0 Å². The van der Waals surface area contributed by atoms with Crippen molar-refractivity contribution in [3.8, 4) is 12.3 Å².